The highest BCUT2D eigenvalue weighted by atomic mass is 16.7. The predicted molar refractivity (Wildman–Crippen MR) is 125 cm³/mol. The Balaban J connectivity index is 1.54. The zero-order valence-electron chi connectivity index (χ0n) is 21.5. The van der Waals surface area contributed by atoms with Crippen LogP contribution in [-0.2, 0) is 33.3 Å². The summed E-state index contributed by atoms with van der Waals surface area (Å²) in [6.45, 7) is 12.6. The van der Waals surface area contributed by atoms with Gasteiger partial charge in [-0.3, -0.25) is 9.59 Å². The Labute approximate surface area is 206 Å². The molecule has 2 saturated heterocycles. The number of ether oxygens (including phenoxy) is 4. The van der Waals surface area contributed by atoms with Gasteiger partial charge >= 0.3 is 11.9 Å². The van der Waals surface area contributed by atoms with E-state index < -0.39 is 40.2 Å². The summed E-state index contributed by atoms with van der Waals surface area (Å²) >= 11 is 0. The minimum Gasteiger partial charge on any atom is -0.501 e. The van der Waals surface area contributed by atoms with Crippen LogP contribution in [0.3, 0.4) is 0 Å². The zero-order chi connectivity index (χ0) is 25.2. The first-order chi connectivity index (χ1) is 16.3. The first-order valence-electron chi connectivity index (χ1n) is 12.9. The lowest BCUT2D eigenvalue weighted by molar-refractivity contribution is -0.256. The zero-order valence-corrected chi connectivity index (χ0v) is 21.5. The highest BCUT2D eigenvalue weighted by Gasteiger charge is 2.89. The fourth-order valence-electron chi connectivity index (χ4n) is 9.52. The van der Waals surface area contributed by atoms with E-state index >= 15 is 0 Å². The molecule has 7 heteroatoms. The number of ketones is 1. The third-order valence-electron chi connectivity index (χ3n) is 11.1. The summed E-state index contributed by atoms with van der Waals surface area (Å²) in [7, 11) is 0. The van der Waals surface area contributed by atoms with Gasteiger partial charge in [-0.25, -0.2) is 4.79 Å². The quantitative estimate of drug-likeness (QED) is 0.435. The third-order valence-corrected chi connectivity index (χ3v) is 11.1. The molecule has 0 amide bonds. The van der Waals surface area contributed by atoms with Gasteiger partial charge in [-0.1, -0.05) is 40.7 Å². The lowest BCUT2D eigenvalue weighted by Crippen LogP contribution is -2.75. The maximum Gasteiger partial charge on any atom is 0.338 e. The number of hydrogen-bond acceptors (Lipinski definition) is 7. The molecule has 6 aliphatic rings. The smallest absolute Gasteiger partial charge is 0.338 e. The van der Waals surface area contributed by atoms with E-state index in [2.05, 4.69) is 34.6 Å². The molecule has 35 heavy (non-hydrogen) atoms. The lowest BCUT2D eigenvalue weighted by atomic mass is 9.35. The van der Waals surface area contributed by atoms with Crippen LogP contribution in [-0.4, -0.2) is 48.2 Å². The molecule has 5 unspecified atom stereocenters. The SMILES string of the molecule is CC(=O)O[C@@H]1CC2C(C)(C)C=CC(=O)[C@]2(C)C2CC[C@@]3(C)[C@@H](C4C=COC4)OC(=O)C4OC43[C@@]21C. The fourth-order valence-corrected chi connectivity index (χ4v) is 9.52. The average molecular weight is 485 g/mol. The van der Waals surface area contributed by atoms with Crippen LogP contribution in [0.5, 0.6) is 0 Å². The van der Waals surface area contributed by atoms with Gasteiger partial charge in [0, 0.05) is 23.2 Å². The number of allylic oxidation sites excluding steroid dienone is 2. The molecule has 190 valence electrons. The van der Waals surface area contributed by atoms with Gasteiger partial charge in [0.25, 0.3) is 0 Å². The second kappa shape index (κ2) is 6.78. The van der Waals surface area contributed by atoms with E-state index in [0.29, 0.717) is 13.0 Å². The summed E-state index contributed by atoms with van der Waals surface area (Å²) < 4.78 is 24.2. The summed E-state index contributed by atoms with van der Waals surface area (Å²) in [5, 5.41) is 0. The lowest BCUT2D eigenvalue weighted by Gasteiger charge is -2.68. The number of carbonyl (C=O) groups is 3. The van der Waals surface area contributed by atoms with Crippen molar-refractivity contribution in [2.75, 3.05) is 6.61 Å². The van der Waals surface area contributed by atoms with Crippen LogP contribution in [0, 0.1) is 39.4 Å². The maximum absolute atomic E-state index is 13.7. The molecule has 4 fully saturated rings. The molecule has 10 atom stereocenters. The van der Waals surface area contributed by atoms with Crippen molar-refractivity contribution in [2.45, 2.75) is 84.7 Å². The summed E-state index contributed by atoms with van der Waals surface area (Å²) in [6.07, 6.45) is 7.85. The topological polar surface area (TPSA) is 91.4 Å². The summed E-state index contributed by atoms with van der Waals surface area (Å²) in [6, 6.07) is 0. The van der Waals surface area contributed by atoms with E-state index in [-0.39, 0.29) is 40.9 Å². The number of fused-ring (bicyclic) bond motifs is 3. The second-order valence-corrected chi connectivity index (χ2v) is 12.9. The molecular formula is C28H36O7. The van der Waals surface area contributed by atoms with Gasteiger partial charge in [-0.15, -0.1) is 0 Å². The van der Waals surface area contributed by atoms with E-state index in [4.69, 9.17) is 18.9 Å². The van der Waals surface area contributed by atoms with Crippen molar-refractivity contribution in [2.24, 2.45) is 39.4 Å². The molecule has 3 aliphatic carbocycles. The van der Waals surface area contributed by atoms with Crippen molar-refractivity contribution < 1.29 is 33.3 Å². The molecule has 0 aromatic rings. The Bertz CT molecular complexity index is 1080. The number of cyclic esters (lactones) is 1. The Morgan fingerprint density at radius 1 is 1.11 bits per heavy atom. The monoisotopic (exact) mass is 484 g/mol. The highest BCUT2D eigenvalue weighted by molar-refractivity contribution is 5.96. The Kier molecular flexibility index (Phi) is 4.51. The van der Waals surface area contributed by atoms with Gasteiger partial charge in [0.15, 0.2) is 11.9 Å². The minimum atomic E-state index is -0.876. The molecule has 1 spiro atoms. The first kappa shape index (κ1) is 23.3. The fraction of sp³-hybridized carbons (Fsp3) is 0.750. The number of rotatable bonds is 2. The highest BCUT2D eigenvalue weighted by Crippen LogP contribution is 2.78. The van der Waals surface area contributed by atoms with E-state index in [0.717, 1.165) is 12.8 Å². The van der Waals surface area contributed by atoms with Crippen LogP contribution >= 0.6 is 0 Å². The Morgan fingerprint density at radius 2 is 1.86 bits per heavy atom. The molecule has 0 aromatic heterocycles. The molecule has 3 heterocycles. The van der Waals surface area contributed by atoms with Gasteiger partial charge in [0.05, 0.1) is 18.8 Å². The van der Waals surface area contributed by atoms with Crippen molar-refractivity contribution in [3.8, 4) is 0 Å². The van der Waals surface area contributed by atoms with Gasteiger partial charge in [-0.2, -0.15) is 0 Å². The van der Waals surface area contributed by atoms with Crippen molar-refractivity contribution in [3.05, 3.63) is 24.5 Å². The second-order valence-electron chi connectivity index (χ2n) is 12.9. The Hall–Kier alpha value is -2.15. The van der Waals surface area contributed by atoms with Gasteiger partial charge in [0.2, 0.25) is 0 Å². The van der Waals surface area contributed by atoms with Crippen molar-refractivity contribution in [3.63, 3.8) is 0 Å². The molecule has 7 nitrogen and oxygen atoms in total. The standard InChI is InChI=1S/C28H36O7/c1-15(29)33-20-13-18-24(2,3)10-8-19(30)26(18,5)17-7-11-25(4)21(16-9-12-32-14-16)34-23(31)22-28(25,35-22)27(17,20)6/h8-10,12,16-18,20-22H,7,11,13-14H2,1-6H3/t16?,17?,18?,20-,21-,22?,25+,26-,27+,28?/m1/s1. The van der Waals surface area contributed by atoms with E-state index in [9.17, 15) is 14.4 Å². The van der Waals surface area contributed by atoms with Crippen LogP contribution < -0.4 is 0 Å². The van der Waals surface area contributed by atoms with Crippen LogP contribution in [0.2, 0.25) is 0 Å². The van der Waals surface area contributed by atoms with Crippen LogP contribution in [0.25, 0.3) is 0 Å². The van der Waals surface area contributed by atoms with Crippen molar-refractivity contribution >= 4 is 17.7 Å². The number of epoxide rings is 1. The van der Waals surface area contributed by atoms with Gasteiger partial charge < -0.3 is 18.9 Å². The average Bonchev–Trinajstić information content (AvgIpc) is 3.35. The molecule has 0 radical (unpaired) electrons. The van der Waals surface area contributed by atoms with Crippen LogP contribution in [0.1, 0.15) is 60.8 Å². The van der Waals surface area contributed by atoms with Crippen molar-refractivity contribution in [1.82, 2.24) is 0 Å². The van der Waals surface area contributed by atoms with E-state index in [1.807, 2.05) is 12.2 Å². The number of carbonyl (C=O) groups excluding carboxylic acids is 3. The van der Waals surface area contributed by atoms with Crippen LogP contribution in [0.4, 0.5) is 0 Å². The molecule has 0 aromatic carbocycles. The number of esters is 2. The van der Waals surface area contributed by atoms with E-state index in [1.54, 1.807) is 12.3 Å². The minimum absolute atomic E-state index is 0.00499. The summed E-state index contributed by atoms with van der Waals surface area (Å²) in [5.74, 6) is -0.766. The van der Waals surface area contributed by atoms with Gasteiger partial charge in [-0.05, 0) is 48.7 Å². The van der Waals surface area contributed by atoms with Gasteiger partial charge in [0.1, 0.15) is 17.8 Å². The molecule has 0 bridgehead atoms. The maximum atomic E-state index is 13.7. The normalized spacial score (nSPS) is 52.9. The number of hydrogen-bond donors (Lipinski definition) is 0. The van der Waals surface area contributed by atoms with Crippen LogP contribution in [0.15, 0.2) is 24.5 Å². The molecular weight excluding hydrogens is 448 g/mol. The summed E-state index contributed by atoms with van der Waals surface area (Å²) in [4.78, 5) is 39.4. The summed E-state index contributed by atoms with van der Waals surface area (Å²) in [5.41, 5.74) is -3.00. The van der Waals surface area contributed by atoms with Crippen molar-refractivity contribution in [1.29, 1.82) is 0 Å². The first-order valence-corrected chi connectivity index (χ1v) is 12.9. The molecule has 2 saturated carbocycles. The third kappa shape index (κ3) is 2.53. The molecule has 3 aliphatic heterocycles. The molecule has 6 rings (SSSR count). The molecule has 0 N–H and O–H groups in total. The predicted octanol–water partition coefficient (Wildman–Crippen LogP) is 3.76. The Morgan fingerprint density at radius 3 is 2.51 bits per heavy atom. The van der Waals surface area contributed by atoms with E-state index in [1.165, 1.54) is 6.92 Å². The largest absolute Gasteiger partial charge is 0.501 e.